The molecule has 0 aliphatic rings. The molecular weight excluding hydrogens is 214 g/mol. The molecule has 0 aliphatic carbocycles. The second-order valence-corrected chi connectivity index (χ2v) is 3.21. The third-order valence-corrected chi connectivity index (χ3v) is 2.15. The minimum atomic E-state index is 0.174. The molecule has 0 amide bonds. The number of hydrogen-bond donors (Lipinski definition) is 1. The molecule has 0 fully saturated rings. The molecule has 17 heavy (non-hydrogen) atoms. The first-order valence-electron chi connectivity index (χ1n) is 5.00. The minimum absolute atomic E-state index is 0.174. The predicted molar refractivity (Wildman–Crippen MR) is 64.9 cm³/mol. The van der Waals surface area contributed by atoms with Crippen LogP contribution in [0.25, 0.3) is 21.7 Å². The largest absolute Gasteiger partial charge is 0.278 e. The maximum atomic E-state index is 8.15. The van der Waals surface area contributed by atoms with E-state index < -0.39 is 0 Å². The summed E-state index contributed by atoms with van der Waals surface area (Å²) in [6, 6.07) is 9.62. The lowest BCUT2D eigenvalue weighted by Crippen LogP contribution is -1.84. The van der Waals surface area contributed by atoms with Gasteiger partial charge in [0.2, 0.25) is 0 Å². The van der Waals surface area contributed by atoms with Crippen LogP contribution in [0.2, 0.25) is 0 Å². The minimum Gasteiger partial charge on any atom is -0.278 e. The lowest BCUT2D eigenvalue weighted by atomic mass is 10.1. The van der Waals surface area contributed by atoms with Gasteiger partial charge in [-0.3, -0.25) is 5.10 Å². The SMILES string of the molecule is [N-]=[N+]=NCC#Cc1ccccc1-c1ccn[nH]1. The first-order chi connectivity index (χ1) is 8.42. The summed E-state index contributed by atoms with van der Waals surface area (Å²) in [7, 11) is 0. The van der Waals surface area contributed by atoms with E-state index in [9.17, 15) is 0 Å². The number of H-pyrrole nitrogens is 1. The van der Waals surface area contributed by atoms with Gasteiger partial charge in [0.25, 0.3) is 0 Å². The average Bonchev–Trinajstić information content (AvgIpc) is 2.89. The van der Waals surface area contributed by atoms with Gasteiger partial charge >= 0.3 is 0 Å². The van der Waals surface area contributed by atoms with Crippen molar-refractivity contribution in [2.24, 2.45) is 5.11 Å². The van der Waals surface area contributed by atoms with Gasteiger partial charge in [-0.15, -0.1) is 0 Å². The molecule has 5 nitrogen and oxygen atoms in total. The van der Waals surface area contributed by atoms with E-state index in [2.05, 4.69) is 32.1 Å². The maximum absolute atomic E-state index is 8.15. The van der Waals surface area contributed by atoms with Gasteiger partial charge in [-0.2, -0.15) is 5.10 Å². The highest BCUT2D eigenvalue weighted by atomic mass is 15.1. The van der Waals surface area contributed by atoms with Crippen LogP contribution < -0.4 is 0 Å². The fraction of sp³-hybridized carbons (Fsp3) is 0.0833. The van der Waals surface area contributed by atoms with E-state index in [1.165, 1.54) is 0 Å². The molecule has 1 aromatic heterocycles. The van der Waals surface area contributed by atoms with Crippen molar-refractivity contribution >= 4 is 0 Å². The molecule has 0 saturated carbocycles. The zero-order valence-electron chi connectivity index (χ0n) is 8.96. The van der Waals surface area contributed by atoms with Gasteiger partial charge in [-0.1, -0.05) is 35.2 Å². The molecule has 0 saturated heterocycles. The van der Waals surface area contributed by atoms with Crippen LogP contribution in [0.5, 0.6) is 0 Å². The third-order valence-electron chi connectivity index (χ3n) is 2.15. The summed E-state index contributed by atoms with van der Waals surface area (Å²) in [4.78, 5) is 2.65. The smallest absolute Gasteiger partial charge is 0.0880 e. The fourth-order valence-corrected chi connectivity index (χ4v) is 1.43. The molecule has 0 spiro atoms. The van der Waals surface area contributed by atoms with E-state index in [0.717, 1.165) is 16.8 Å². The first-order valence-corrected chi connectivity index (χ1v) is 5.00. The number of azide groups is 1. The van der Waals surface area contributed by atoms with Crippen LogP contribution in [-0.2, 0) is 0 Å². The van der Waals surface area contributed by atoms with Crippen molar-refractivity contribution in [3.8, 4) is 23.1 Å². The summed E-state index contributed by atoms with van der Waals surface area (Å²) in [5.41, 5.74) is 10.9. The zero-order valence-corrected chi connectivity index (χ0v) is 8.96. The van der Waals surface area contributed by atoms with E-state index in [4.69, 9.17) is 5.53 Å². The lowest BCUT2D eigenvalue weighted by molar-refractivity contribution is 1.09. The second kappa shape index (κ2) is 5.40. The van der Waals surface area contributed by atoms with Gasteiger partial charge in [-0.25, -0.2) is 0 Å². The monoisotopic (exact) mass is 223 g/mol. The first kappa shape index (κ1) is 10.8. The standard InChI is InChI=1S/C12H9N5/c13-17-15-8-3-5-10-4-1-2-6-11(10)12-7-9-14-16-12/h1-2,4,6-7,9H,8H2,(H,14,16). The summed E-state index contributed by atoms with van der Waals surface area (Å²) in [5.74, 6) is 5.77. The Hall–Kier alpha value is -2.70. The Bertz CT molecular complexity index is 597. The van der Waals surface area contributed by atoms with E-state index in [-0.39, 0.29) is 6.54 Å². The van der Waals surface area contributed by atoms with Crippen LogP contribution in [0.15, 0.2) is 41.6 Å². The highest BCUT2D eigenvalue weighted by Crippen LogP contribution is 2.19. The van der Waals surface area contributed by atoms with Gasteiger partial charge in [0.15, 0.2) is 0 Å². The predicted octanol–water partition coefficient (Wildman–Crippen LogP) is 2.74. The van der Waals surface area contributed by atoms with Crippen molar-refractivity contribution in [3.63, 3.8) is 0 Å². The number of hydrogen-bond acceptors (Lipinski definition) is 2. The number of benzene rings is 1. The topological polar surface area (TPSA) is 77.4 Å². The van der Waals surface area contributed by atoms with Crippen molar-refractivity contribution in [2.75, 3.05) is 6.54 Å². The van der Waals surface area contributed by atoms with E-state index in [0.29, 0.717) is 0 Å². The fourth-order valence-electron chi connectivity index (χ4n) is 1.43. The number of nitrogens with one attached hydrogen (secondary N) is 1. The number of nitrogens with zero attached hydrogens (tertiary/aromatic N) is 4. The van der Waals surface area contributed by atoms with Crippen LogP contribution in [0.3, 0.4) is 0 Å². The van der Waals surface area contributed by atoms with Gasteiger partial charge in [0.05, 0.1) is 12.2 Å². The Labute approximate surface area is 98.1 Å². The molecule has 82 valence electrons. The van der Waals surface area contributed by atoms with E-state index in [1.54, 1.807) is 6.20 Å². The Morgan fingerprint density at radius 2 is 2.24 bits per heavy atom. The van der Waals surface area contributed by atoms with Crippen LogP contribution in [-0.4, -0.2) is 16.7 Å². The van der Waals surface area contributed by atoms with Crippen LogP contribution in [0, 0.1) is 11.8 Å². The number of aromatic amines is 1. The number of rotatable bonds is 2. The molecule has 1 heterocycles. The molecule has 5 heteroatoms. The van der Waals surface area contributed by atoms with E-state index >= 15 is 0 Å². The Morgan fingerprint density at radius 3 is 3.00 bits per heavy atom. The van der Waals surface area contributed by atoms with Gasteiger partial charge in [0, 0.05) is 22.2 Å². The highest BCUT2D eigenvalue weighted by Gasteiger charge is 2.02. The molecule has 0 atom stereocenters. The summed E-state index contributed by atoms with van der Waals surface area (Å²) in [6.07, 6.45) is 1.69. The van der Waals surface area contributed by atoms with Crippen LogP contribution >= 0.6 is 0 Å². The summed E-state index contributed by atoms with van der Waals surface area (Å²) < 4.78 is 0. The van der Waals surface area contributed by atoms with Crippen molar-refractivity contribution < 1.29 is 0 Å². The summed E-state index contributed by atoms with van der Waals surface area (Å²) in [6.45, 7) is 0.174. The molecule has 1 N–H and O–H groups in total. The molecule has 0 bridgehead atoms. The van der Waals surface area contributed by atoms with Crippen molar-refractivity contribution in [2.45, 2.75) is 0 Å². The Balaban J connectivity index is 2.33. The van der Waals surface area contributed by atoms with Crippen LogP contribution in [0.4, 0.5) is 0 Å². The molecule has 0 radical (unpaired) electrons. The molecule has 1 aromatic carbocycles. The average molecular weight is 223 g/mol. The Morgan fingerprint density at radius 1 is 1.35 bits per heavy atom. The quantitative estimate of drug-likeness (QED) is 0.361. The highest BCUT2D eigenvalue weighted by molar-refractivity contribution is 5.67. The third kappa shape index (κ3) is 2.65. The lowest BCUT2D eigenvalue weighted by Gasteiger charge is -2.00. The summed E-state index contributed by atoms with van der Waals surface area (Å²) in [5, 5.41) is 10.2. The molecule has 2 aromatic rings. The zero-order chi connectivity index (χ0) is 11.9. The van der Waals surface area contributed by atoms with Crippen molar-refractivity contribution in [1.29, 1.82) is 0 Å². The molecule has 0 unspecified atom stereocenters. The second-order valence-electron chi connectivity index (χ2n) is 3.21. The number of aromatic nitrogens is 2. The van der Waals surface area contributed by atoms with Crippen molar-refractivity contribution in [1.82, 2.24) is 10.2 Å². The maximum Gasteiger partial charge on any atom is 0.0880 e. The van der Waals surface area contributed by atoms with E-state index in [1.807, 2.05) is 30.3 Å². The molecule has 0 aliphatic heterocycles. The van der Waals surface area contributed by atoms with Crippen molar-refractivity contribution in [3.05, 3.63) is 52.5 Å². The molecule has 2 rings (SSSR count). The molecular formula is C12H9N5. The van der Waals surface area contributed by atoms with Crippen LogP contribution in [0.1, 0.15) is 5.56 Å². The normalized spacial score (nSPS) is 8.94. The van der Waals surface area contributed by atoms with Gasteiger partial charge in [0.1, 0.15) is 0 Å². The van der Waals surface area contributed by atoms with Gasteiger partial charge in [-0.05, 0) is 17.7 Å². The Kier molecular flexibility index (Phi) is 3.43. The summed E-state index contributed by atoms with van der Waals surface area (Å²) >= 11 is 0. The van der Waals surface area contributed by atoms with Gasteiger partial charge < -0.3 is 0 Å².